The number of hydrogen-bond acceptors (Lipinski definition) is 3. The van der Waals surface area contributed by atoms with Crippen LogP contribution < -0.4 is 0 Å². The van der Waals surface area contributed by atoms with Gasteiger partial charge in [-0.2, -0.15) is 5.26 Å². The van der Waals surface area contributed by atoms with Gasteiger partial charge in [0, 0.05) is 13.0 Å². The summed E-state index contributed by atoms with van der Waals surface area (Å²) >= 11 is 0. The van der Waals surface area contributed by atoms with E-state index in [-0.39, 0.29) is 6.10 Å². The second kappa shape index (κ2) is 3.22. The molecule has 1 saturated carbocycles. The molecule has 1 saturated heterocycles. The normalized spacial score (nSPS) is 33.4. The molecule has 78 valence electrons. The van der Waals surface area contributed by atoms with Crippen LogP contribution in [0.2, 0.25) is 0 Å². The highest BCUT2D eigenvalue weighted by Crippen LogP contribution is 2.55. The lowest BCUT2D eigenvalue weighted by Gasteiger charge is -2.30. The predicted octanol–water partition coefficient (Wildman–Crippen LogP) is 1.61. The van der Waals surface area contributed by atoms with Crippen molar-refractivity contribution in [3.8, 4) is 6.07 Å². The Morgan fingerprint density at radius 1 is 1.64 bits per heavy atom. The summed E-state index contributed by atoms with van der Waals surface area (Å²) in [4.78, 5) is 0. The summed E-state index contributed by atoms with van der Waals surface area (Å²) in [6.07, 6.45) is 4.56. The number of ether oxygens (including phenoxy) is 1. The van der Waals surface area contributed by atoms with Gasteiger partial charge in [-0.1, -0.05) is 0 Å². The largest absolute Gasteiger partial charge is 0.388 e. The van der Waals surface area contributed by atoms with Crippen molar-refractivity contribution < 1.29 is 9.84 Å². The van der Waals surface area contributed by atoms with E-state index in [1.54, 1.807) is 6.92 Å². The van der Waals surface area contributed by atoms with Crippen molar-refractivity contribution in [3.05, 3.63) is 0 Å². The first-order chi connectivity index (χ1) is 6.60. The van der Waals surface area contributed by atoms with Crippen molar-refractivity contribution >= 4 is 0 Å². The van der Waals surface area contributed by atoms with Crippen LogP contribution in [0.25, 0.3) is 0 Å². The van der Waals surface area contributed by atoms with Crippen molar-refractivity contribution in [1.29, 1.82) is 5.26 Å². The number of aliphatic hydroxyl groups is 1. The highest BCUT2D eigenvalue weighted by molar-refractivity contribution is 5.19. The third kappa shape index (κ3) is 1.53. The van der Waals surface area contributed by atoms with Gasteiger partial charge in [0.05, 0.1) is 23.2 Å². The Morgan fingerprint density at radius 2 is 2.36 bits per heavy atom. The molecule has 1 N–H and O–H groups in total. The van der Waals surface area contributed by atoms with E-state index < -0.39 is 11.0 Å². The van der Waals surface area contributed by atoms with Gasteiger partial charge >= 0.3 is 0 Å². The first-order valence-electron chi connectivity index (χ1n) is 5.35. The van der Waals surface area contributed by atoms with Gasteiger partial charge < -0.3 is 9.84 Å². The van der Waals surface area contributed by atoms with Gasteiger partial charge in [0.15, 0.2) is 0 Å². The Bertz CT molecular complexity index is 257. The average molecular weight is 195 g/mol. The van der Waals surface area contributed by atoms with E-state index >= 15 is 0 Å². The SMILES string of the molecule is CC(O)(CC1CCCO1)C1(C#N)CC1. The van der Waals surface area contributed by atoms with Gasteiger partial charge in [0.2, 0.25) is 0 Å². The smallest absolute Gasteiger partial charge is 0.0859 e. The number of nitrogens with zero attached hydrogens (tertiary/aromatic N) is 1. The molecule has 3 heteroatoms. The fraction of sp³-hybridized carbons (Fsp3) is 0.909. The second-order valence-electron chi connectivity index (χ2n) is 4.81. The van der Waals surface area contributed by atoms with Crippen LogP contribution in [0, 0.1) is 16.7 Å². The summed E-state index contributed by atoms with van der Waals surface area (Å²) in [5.74, 6) is 0. The molecule has 0 amide bonds. The molecule has 1 heterocycles. The zero-order valence-corrected chi connectivity index (χ0v) is 8.62. The van der Waals surface area contributed by atoms with E-state index in [0.29, 0.717) is 6.42 Å². The molecule has 2 atom stereocenters. The first-order valence-corrected chi connectivity index (χ1v) is 5.35. The van der Waals surface area contributed by atoms with Crippen LogP contribution >= 0.6 is 0 Å². The molecule has 14 heavy (non-hydrogen) atoms. The molecule has 2 unspecified atom stereocenters. The fourth-order valence-corrected chi connectivity index (χ4v) is 2.34. The van der Waals surface area contributed by atoms with E-state index in [9.17, 15) is 5.11 Å². The molecule has 2 rings (SSSR count). The summed E-state index contributed by atoms with van der Waals surface area (Å²) in [5, 5.41) is 19.3. The zero-order chi connectivity index (χ0) is 10.2. The van der Waals surface area contributed by atoms with Crippen LogP contribution in [0.3, 0.4) is 0 Å². The fourth-order valence-electron chi connectivity index (χ4n) is 2.34. The van der Waals surface area contributed by atoms with Crippen molar-refractivity contribution in [2.24, 2.45) is 5.41 Å². The Hall–Kier alpha value is -0.590. The second-order valence-corrected chi connectivity index (χ2v) is 4.81. The quantitative estimate of drug-likeness (QED) is 0.744. The van der Waals surface area contributed by atoms with Crippen LogP contribution in [0.15, 0.2) is 0 Å². The van der Waals surface area contributed by atoms with E-state index in [1.165, 1.54) is 0 Å². The van der Waals surface area contributed by atoms with Crippen molar-refractivity contribution in [3.63, 3.8) is 0 Å². The summed E-state index contributed by atoms with van der Waals surface area (Å²) in [5.41, 5.74) is -1.34. The number of rotatable bonds is 3. The van der Waals surface area contributed by atoms with Gasteiger partial charge in [0.25, 0.3) is 0 Å². The molecular weight excluding hydrogens is 178 g/mol. The van der Waals surface area contributed by atoms with Crippen molar-refractivity contribution in [1.82, 2.24) is 0 Å². The predicted molar refractivity (Wildman–Crippen MR) is 51.5 cm³/mol. The summed E-state index contributed by atoms with van der Waals surface area (Å²) in [6.45, 7) is 2.59. The highest BCUT2D eigenvalue weighted by atomic mass is 16.5. The average Bonchev–Trinajstić information content (AvgIpc) is 2.81. The molecule has 2 aliphatic rings. The highest BCUT2D eigenvalue weighted by Gasteiger charge is 2.57. The molecule has 0 radical (unpaired) electrons. The lowest BCUT2D eigenvalue weighted by molar-refractivity contribution is -0.0411. The molecule has 0 spiro atoms. The molecule has 2 fully saturated rings. The van der Waals surface area contributed by atoms with Gasteiger partial charge in [-0.25, -0.2) is 0 Å². The molecular formula is C11H17NO2. The zero-order valence-electron chi connectivity index (χ0n) is 8.62. The minimum atomic E-state index is -0.864. The number of nitriles is 1. The maximum atomic E-state index is 10.3. The Kier molecular flexibility index (Phi) is 2.29. The molecule has 0 aromatic heterocycles. The minimum Gasteiger partial charge on any atom is -0.388 e. The molecule has 0 aromatic carbocycles. The number of hydrogen-bond donors (Lipinski definition) is 1. The van der Waals surface area contributed by atoms with E-state index in [4.69, 9.17) is 10.00 Å². The Labute approximate surface area is 84.7 Å². The monoisotopic (exact) mass is 195 g/mol. The lowest BCUT2D eigenvalue weighted by atomic mass is 9.82. The van der Waals surface area contributed by atoms with Crippen molar-refractivity contribution in [2.75, 3.05) is 6.61 Å². The van der Waals surface area contributed by atoms with Crippen LogP contribution in [0.1, 0.15) is 39.0 Å². The van der Waals surface area contributed by atoms with Crippen LogP contribution in [0.5, 0.6) is 0 Å². The van der Waals surface area contributed by atoms with E-state index in [0.717, 1.165) is 32.3 Å². The summed E-state index contributed by atoms with van der Waals surface area (Å²) in [6, 6.07) is 2.26. The maximum Gasteiger partial charge on any atom is 0.0859 e. The van der Waals surface area contributed by atoms with Gasteiger partial charge in [-0.05, 0) is 32.6 Å². The van der Waals surface area contributed by atoms with Gasteiger partial charge in [-0.3, -0.25) is 0 Å². The van der Waals surface area contributed by atoms with Gasteiger partial charge in [0.1, 0.15) is 0 Å². The van der Waals surface area contributed by atoms with Gasteiger partial charge in [-0.15, -0.1) is 0 Å². The first kappa shape index (κ1) is 9.95. The molecule has 0 aromatic rings. The molecule has 0 bridgehead atoms. The Morgan fingerprint density at radius 3 is 2.79 bits per heavy atom. The van der Waals surface area contributed by atoms with Crippen molar-refractivity contribution in [2.45, 2.75) is 50.7 Å². The standard InChI is InChI=1S/C11H17NO2/c1-10(13,11(8-12)4-5-11)7-9-3-2-6-14-9/h9,13H,2-7H2,1H3. The summed E-state index contributed by atoms with van der Waals surface area (Å²) < 4.78 is 5.49. The third-order valence-corrected chi connectivity index (χ3v) is 3.64. The lowest BCUT2D eigenvalue weighted by Crippen LogP contribution is -2.38. The topological polar surface area (TPSA) is 53.2 Å². The maximum absolute atomic E-state index is 10.3. The van der Waals surface area contributed by atoms with Crippen LogP contribution in [-0.2, 0) is 4.74 Å². The van der Waals surface area contributed by atoms with Crippen LogP contribution in [-0.4, -0.2) is 23.4 Å². The van der Waals surface area contributed by atoms with E-state index in [1.807, 2.05) is 0 Å². The minimum absolute atomic E-state index is 0.163. The molecule has 1 aliphatic heterocycles. The summed E-state index contributed by atoms with van der Waals surface area (Å²) in [7, 11) is 0. The molecule has 3 nitrogen and oxygen atoms in total. The third-order valence-electron chi connectivity index (χ3n) is 3.64. The molecule has 1 aliphatic carbocycles. The van der Waals surface area contributed by atoms with E-state index in [2.05, 4.69) is 6.07 Å². The Balaban J connectivity index is 1.98. The van der Waals surface area contributed by atoms with Crippen LogP contribution in [0.4, 0.5) is 0 Å².